The van der Waals surface area contributed by atoms with Gasteiger partial charge in [0.05, 0.1) is 6.33 Å². The van der Waals surface area contributed by atoms with E-state index in [9.17, 15) is 9.18 Å². The van der Waals surface area contributed by atoms with E-state index >= 15 is 0 Å². The van der Waals surface area contributed by atoms with Crippen molar-refractivity contribution in [3.63, 3.8) is 0 Å². The van der Waals surface area contributed by atoms with Crippen molar-refractivity contribution in [3.05, 3.63) is 59.7 Å². The molecule has 2 N–H and O–H groups in total. The Morgan fingerprint density at radius 2 is 2.09 bits per heavy atom. The first-order valence-corrected chi connectivity index (χ1v) is 10.2. The lowest BCUT2D eigenvalue weighted by Gasteiger charge is -2.20. The highest BCUT2D eigenvalue weighted by molar-refractivity contribution is 5.76. The van der Waals surface area contributed by atoms with Crippen molar-refractivity contribution in [2.24, 2.45) is 0 Å². The molecule has 1 amide bonds. The average Bonchev–Trinajstić information content (AvgIpc) is 3.14. The molecule has 2 heterocycles. The van der Waals surface area contributed by atoms with Crippen molar-refractivity contribution in [1.29, 1.82) is 0 Å². The molecule has 0 saturated carbocycles. The van der Waals surface area contributed by atoms with Gasteiger partial charge in [-0.2, -0.15) is 4.98 Å². The van der Waals surface area contributed by atoms with Crippen LogP contribution in [0.3, 0.4) is 0 Å². The molecular weight excluding hydrogens is 415 g/mol. The number of amides is 1. The van der Waals surface area contributed by atoms with Gasteiger partial charge in [-0.3, -0.25) is 4.98 Å². The summed E-state index contributed by atoms with van der Waals surface area (Å²) in [6, 6.07) is 9.40. The van der Waals surface area contributed by atoms with Gasteiger partial charge in [0.1, 0.15) is 23.5 Å². The van der Waals surface area contributed by atoms with Gasteiger partial charge in [-0.15, -0.1) is 0 Å². The summed E-state index contributed by atoms with van der Waals surface area (Å²) in [6.45, 7) is 7.66. The number of nitrogens with zero attached hydrogens (tertiary/aromatic N) is 2. The van der Waals surface area contributed by atoms with Crippen LogP contribution in [-0.4, -0.2) is 34.8 Å². The number of aryl methyl sites for hydroxylation is 1. The Labute approximate surface area is 185 Å². The third kappa shape index (κ3) is 6.69. The summed E-state index contributed by atoms with van der Waals surface area (Å²) in [4.78, 5) is 20.4. The second-order valence-corrected chi connectivity index (χ2v) is 8.16. The molecule has 32 heavy (non-hydrogen) atoms. The maximum absolute atomic E-state index is 13.2. The van der Waals surface area contributed by atoms with Crippen molar-refractivity contribution < 1.29 is 23.1 Å². The van der Waals surface area contributed by atoms with Gasteiger partial charge in [0.2, 0.25) is 0 Å². The topological polar surface area (TPSA) is 98.5 Å². The number of hydrogen-bond acceptors (Lipinski definition) is 7. The molecule has 0 aliphatic heterocycles. The Morgan fingerprint density at radius 1 is 1.28 bits per heavy atom. The molecule has 0 bridgehead atoms. The summed E-state index contributed by atoms with van der Waals surface area (Å²) in [5.41, 5.74) is 2.80. The lowest BCUT2D eigenvalue weighted by molar-refractivity contribution is 0.0531. The predicted molar refractivity (Wildman–Crippen MR) is 119 cm³/mol. The van der Waals surface area contributed by atoms with Crippen molar-refractivity contribution in [1.82, 2.24) is 15.3 Å². The molecule has 3 aromatic rings. The molecule has 0 aliphatic carbocycles. The van der Waals surface area contributed by atoms with Crippen LogP contribution in [0, 0.1) is 6.92 Å². The van der Waals surface area contributed by atoms with E-state index in [0.29, 0.717) is 35.7 Å². The van der Waals surface area contributed by atoms with Crippen LogP contribution in [0.25, 0.3) is 11.1 Å². The molecule has 0 radical (unpaired) electrons. The fraction of sp³-hybridized carbons (Fsp3) is 0.348. The van der Waals surface area contributed by atoms with Gasteiger partial charge in [0, 0.05) is 36.6 Å². The average molecular weight is 442 g/mol. The highest BCUT2D eigenvalue weighted by Gasteiger charge is 2.16. The number of carbonyl (C=O) groups is 1. The van der Waals surface area contributed by atoms with Crippen LogP contribution >= 0.6 is 0 Å². The molecule has 170 valence electrons. The molecule has 2 aromatic heterocycles. The molecule has 0 saturated heterocycles. The van der Waals surface area contributed by atoms with Crippen LogP contribution in [0.4, 0.5) is 15.2 Å². The zero-order valence-electron chi connectivity index (χ0n) is 18.6. The Bertz CT molecular complexity index is 1100. The molecule has 9 heteroatoms. The first-order chi connectivity index (χ1) is 15.2. The van der Waals surface area contributed by atoms with Crippen molar-refractivity contribution in [3.8, 4) is 5.75 Å². The summed E-state index contributed by atoms with van der Waals surface area (Å²) in [5.74, 6) is 0.486. The standard InChI is InChI=1S/C23H27FN4O4/c1-15-17(6-5-9-25-15)13-26-21-28-19-8-7-18(10-20(19)31-21)30-14-16(11-24)12-27-22(29)32-23(2,3)4/h5-11H,12-14H2,1-4H3,(H,26,28)(H,27,29)/b16-11-. The summed E-state index contributed by atoms with van der Waals surface area (Å²) in [6.07, 6.45) is 1.53. The molecule has 1 aromatic carbocycles. The minimum atomic E-state index is -0.628. The quantitative estimate of drug-likeness (QED) is 0.512. The first kappa shape index (κ1) is 23.1. The fourth-order valence-electron chi connectivity index (χ4n) is 2.74. The molecular formula is C23H27FN4O4. The number of anilines is 1. The monoisotopic (exact) mass is 442 g/mol. The van der Waals surface area contributed by atoms with E-state index in [0.717, 1.165) is 11.3 Å². The van der Waals surface area contributed by atoms with Gasteiger partial charge in [0.25, 0.3) is 6.01 Å². The number of halogens is 1. The lowest BCUT2D eigenvalue weighted by Crippen LogP contribution is -2.34. The largest absolute Gasteiger partial charge is 0.489 e. The van der Waals surface area contributed by atoms with Gasteiger partial charge in [-0.1, -0.05) is 6.07 Å². The number of oxazole rings is 1. The van der Waals surface area contributed by atoms with E-state index in [1.54, 1.807) is 45.2 Å². The van der Waals surface area contributed by atoms with Crippen molar-refractivity contribution >= 4 is 23.2 Å². The van der Waals surface area contributed by atoms with Gasteiger partial charge >= 0.3 is 6.09 Å². The highest BCUT2D eigenvalue weighted by Crippen LogP contribution is 2.24. The minimum absolute atomic E-state index is 0.0300. The fourth-order valence-corrected chi connectivity index (χ4v) is 2.74. The lowest BCUT2D eigenvalue weighted by atomic mass is 10.2. The molecule has 0 atom stereocenters. The van der Waals surface area contributed by atoms with Crippen LogP contribution < -0.4 is 15.4 Å². The van der Waals surface area contributed by atoms with Gasteiger partial charge in [-0.05, 0) is 51.5 Å². The minimum Gasteiger partial charge on any atom is -0.489 e. The number of hydrogen-bond donors (Lipinski definition) is 2. The number of fused-ring (bicyclic) bond motifs is 1. The van der Waals surface area contributed by atoms with E-state index < -0.39 is 11.7 Å². The van der Waals surface area contributed by atoms with E-state index in [1.165, 1.54) is 0 Å². The number of nitrogens with one attached hydrogen (secondary N) is 2. The Kier molecular flexibility index (Phi) is 7.29. The highest BCUT2D eigenvalue weighted by atomic mass is 19.1. The van der Waals surface area contributed by atoms with Crippen molar-refractivity contribution in [2.45, 2.75) is 39.8 Å². The molecule has 3 rings (SSSR count). The molecule has 0 unspecified atom stereocenters. The number of ether oxygens (including phenoxy) is 2. The van der Waals surface area contributed by atoms with E-state index in [4.69, 9.17) is 13.9 Å². The van der Waals surface area contributed by atoms with Crippen LogP contribution in [0.5, 0.6) is 5.75 Å². The smallest absolute Gasteiger partial charge is 0.407 e. The van der Waals surface area contributed by atoms with E-state index in [2.05, 4.69) is 20.6 Å². The normalized spacial score (nSPS) is 12.0. The maximum atomic E-state index is 13.2. The first-order valence-electron chi connectivity index (χ1n) is 10.2. The molecule has 0 spiro atoms. The van der Waals surface area contributed by atoms with Crippen LogP contribution in [0.2, 0.25) is 0 Å². The predicted octanol–water partition coefficient (Wildman–Crippen LogP) is 4.90. The second kappa shape index (κ2) is 10.1. The van der Waals surface area contributed by atoms with E-state index in [1.807, 2.05) is 19.1 Å². The molecule has 0 aliphatic rings. The van der Waals surface area contributed by atoms with Crippen LogP contribution in [0.1, 0.15) is 32.0 Å². The second-order valence-electron chi connectivity index (χ2n) is 8.16. The summed E-state index contributed by atoms with van der Waals surface area (Å²) < 4.78 is 29.7. The summed E-state index contributed by atoms with van der Waals surface area (Å²) in [7, 11) is 0. The number of rotatable bonds is 8. The number of carbonyl (C=O) groups excluding carboxylic acids is 1. The number of aromatic nitrogens is 2. The molecule has 8 nitrogen and oxygen atoms in total. The van der Waals surface area contributed by atoms with Crippen LogP contribution in [0.15, 0.2) is 52.8 Å². The zero-order valence-corrected chi connectivity index (χ0v) is 18.6. The Balaban J connectivity index is 1.55. The SMILES string of the molecule is Cc1ncccc1CNc1nc2ccc(OC/C(=C\F)CNC(=O)OC(C)(C)C)cc2o1. The van der Waals surface area contributed by atoms with Crippen molar-refractivity contribution in [2.75, 3.05) is 18.5 Å². The zero-order chi connectivity index (χ0) is 23.1. The number of benzene rings is 1. The maximum Gasteiger partial charge on any atom is 0.407 e. The molecule has 0 fully saturated rings. The third-order valence-electron chi connectivity index (χ3n) is 4.34. The number of pyridine rings is 1. The van der Waals surface area contributed by atoms with Crippen LogP contribution in [-0.2, 0) is 11.3 Å². The Morgan fingerprint density at radius 3 is 2.81 bits per heavy atom. The third-order valence-corrected chi connectivity index (χ3v) is 4.34. The Hall–Kier alpha value is -3.62. The summed E-state index contributed by atoms with van der Waals surface area (Å²) in [5, 5.41) is 5.64. The summed E-state index contributed by atoms with van der Waals surface area (Å²) >= 11 is 0. The van der Waals surface area contributed by atoms with Gasteiger partial charge < -0.3 is 24.5 Å². The van der Waals surface area contributed by atoms with Gasteiger partial charge in [0.15, 0.2) is 5.58 Å². The number of alkyl carbamates (subject to hydrolysis) is 1. The van der Waals surface area contributed by atoms with Gasteiger partial charge in [-0.25, -0.2) is 9.18 Å². The van der Waals surface area contributed by atoms with E-state index in [-0.39, 0.29) is 18.7 Å².